The van der Waals surface area contributed by atoms with Crippen LogP contribution in [0.5, 0.6) is 11.6 Å². The van der Waals surface area contributed by atoms with Gasteiger partial charge in [-0.25, -0.2) is 13.4 Å². The quantitative estimate of drug-likeness (QED) is 0.652. The third-order valence-corrected chi connectivity index (χ3v) is 6.71. The number of carbonyl (C=O) groups excluding carboxylic acids is 1. The minimum absolute atomic E-state index is 0.122. The molecule has 1 aliphatic heterocycles. The molecule has 0 bridgehead atoms. The molecule has 0 spiro atoms. The summed E-state index contributed by atoms with van der Waals surface area (Å²) in [6, 6.07) is 7.74. The first-order valence-electron chi connectivity index (χ1n) is 9.50. The van der Waals surface area contributed by atoms with E-state index in [9.17, 15) is 18.3 Å². The zero-order valence-corrected chi connectivity index (χ0v) is 17.8. The van der Waals surface area contributed by atoms with Gasteiger partial charge in [0.25, 0.3) is 5.91 Å². The van der Waals surface area contributed by atoms with Gasteiger partial charge in [0.15, 0.2) is 0 Å². The van der Waals surface area contributed by atoms with Crippen LogP contribution in [-0.2, 0) is 14.8 Å². The third-order valence-electron chi connectivity index (χ3n) is 4.79. The second kappa shape index (κ2) is 9.41. The highest BCUT2D eigenvalue weighted by atomic mass is 32.2. The SMILES string of the molecule is COCCOc1ncccc1C(=O)N1CCN(S(=O)(=O)c2cc(C)ccc2O)CC1. The highest BCUT2D eigenvalue weighted by Gasteiger charge is 2.32. The highest BCUT2D eigenvalue weighted by molar-refractivity contribution is 7.89. The molecule has 9 nitrogen and oxygen atoms in total. The number of aryl methyl sites for hydroxylation is 1. The van der Waals surface area contributed by atoms with Crippen LogP contribution in [-0.4, -0.2) is 80.1 Å². The number of hydrogen-bond donors (Lipinski definition) is 1. The van der Waals surface area contributed by atoms with Gasteiger partial charge >= 0.3 is 0 Å². The molecule has 3 rings (SSSR count). The molecule has 10 heteroatoms. The predicted octanol–water partition coefficient (Wildman–Crippen LogP) is 1.27. The minimum atomic E-state index is -3.86. The predicted molar refractivity (Wildman–Crippen MR) is 109 cm³/mol. The average Bonchev–Trinajstić information content (AvgIpc) is 2.75. The second-order valence-electron chi connectivity index (χ2n) is 6.86. The van der Waals surface area contributed by atoms with E-state index >= 15 is 0 Å². The maximum absolute atomic E-state index is 12.9. The number of aromatic hydroxyl groups is 1. The lowest BCUT2D eigenvalue weighted by Crippen LogP contribution is -2.50. The molecule has 162 valence electrons. The van der Waals surface area contributed by atoms with Crippen molar-refractivity contribution in [2.75, 3.05) is 46.5 Å². The number of rotatable bonds is 7. The molecule has 1 fully saturated rings. The van der Waals surface area contributed by atoms with Crippen LogP contribution in [0.1, 0.15) is 15.9 Å². The Bertz CT molecular complexity index is 1000. The van der Waals surface area contributed by atoms with Gasteiger partial charge in [0, 0.05) is 39.5 Å². The van der Waals surface area contributed by atoms with Crippen molar-refractivity contribution in [3.8, 4) is 11.6 Å². The fourth-order valence-corrected chi connectivity index (χ4v) is 4.75. The summed E-state index contributed by atoms with van der Waals surface area (Å²) in [5.74, 6) is -0.336. The van der Waals surface area contributed by atoms with Crippen LogP contribution in [0.3, 0.4) is 0 Å². The first-order valence-corrected chi connectivity index (χ1v) is 10.9. The van der Waals surface area contributed by atoms with E-state index in [2.05, 4.69) is 4.98 Å². The van der Waals surface area contributed by atoms with Crippen LogP contribution >= 0.6 is 0 Å². The van der Waals surface area contributed by atoms with Crippen LogP contribution in [0, 0.1) is 6.92 Å². The van der Waals surface area contributed by atoms with Crippen molar-refractivity contribution in [3.63, 3.8) is 0 Å². The molecule has 30 heavy (non-hydrogen) atoms. The van der Waals surface area contributed by atoms with Crippen molar-refractivity contribution in [2.24, 2.45) is 0 Å². The average molecular weight is 436 g/mol. The number of benzene rings is 1. The van der Waals surface area contributed by atoms with Crippen LogP contribution in [0.2, 0.25) is 0 Å². The summed E-state index contributed by atoms with van der Waals surface area (Å²) in [7, 11) is -2.30. The minimum Gasteiger partial charge on any atom is -0.507 e. The summed E-state index contributed by atoms with van der Waals surface area (Å²) in [6.07, 6.45) is 1.54. The molecular formula is C20H25N3O6S. The van der Waals surface area contributed by atoms with E-state index in [1.54, 1.807) is 37.1 Å². The van der Waals surface area contributed by atoms with Gasteiger partial charge in [-0.15, -0.1) is 0 Å². The first-order chi connectivity index (χ1) is 14.3. The summed E-state index contributed by atoms with van der Waals surface area (Å²) in [5.41, 5.74) is 1.05. The third kappa shape index (κ3) is 4.72. The van der Waals surface area contributed by atoms with Crippen LogP contribution < -0.4 is 4.74 Å². The first kappa shape index (κ1) is 22.0. The normalized spacial score (nSPS) is 15.2. The summed E-state index contributed by atoms with van der Waals surface area (Å²) in [6.45, 7) is 3.08. The summed E-state index contributed by atoms with van der Waals surface area (Å²) < 4.78 is 37.6. The molecule has 0 saturated carbocycles. The maximum atomic E-state index is 12.9. The summed E-state index contributed by atoms with van der Waals surface area (Å²) in [4.78, 5) is 18.5. The molecular weight excluding hydrogens is 410 g/mol. The fourth-order valence-electron chi connectivity index (χ4n) is 3.16. The zero-order valence-electron chi connectivity index (χ0n) is 16.9. The zero-order chi connectivity index (χ0) is 21.7. The molecule has 1 amide bonds. The molecule has 2 heterocycles. The van der Waals surface area contributed by atoms with Gasteiger partial charge in [-0.05, 0) is 36.8 Å². The monoisotopic (exact) mass is 435 g/mol. The Kier molecular flexibility index (Phi) is 6.91. The molecule has 1 aromatic heterocycles. The molecule has 1 aliphatic rings. The Morgan fingerprint density at radius 3 is 2.60 bits per heavy atom. The Hall–Kier alpha value is -2.69. The molecule has 0 radical (unpaired) electrons. The van der Waals surface area contributed by atoms with Crippen LogP contribution in [0.25, 0.3) is 0 Å². The molecule has 0 atom stereocenters. The van der Waals surface area contributed by atoms with Gasteiger partial charge in [0.2, 0.25) is 15.9 Å². The van der Waals surface area contributed by atoms with Gasteiger partial charge < -0.3 is 19.5 Å². The van der Waals surface area contributed by atoms with E-state index in [0.717, 1.165) is 5.56 Å². The number of phenolic OH excluding ortho intramolecular Hbond substituents is 1. The number of methoxy groups -OCH3 is 1. The molecule has 1 aromatic carbocycles. The van der Waals surface area contributed by atoms with Crippen LogP contribution in [0.15, 0.2) is 41.4 Å². The lowest BCUT2D eigenvalue weighted by Gasteiger charge is -2.34. The number of piperazine rings is 1. The van der Waals surface area contributed by atoms with Crippen molar-refractivity contribution < 1.29 is 27.8 Å². The van der Waals surface area contributed by atoms with Gasteiger partial charge in [-0.1, -0.05) is 6.07 Å². The molecule has 0 aliphatic carbocycles. The number of hydrogen-bond acceptors (Lipinski definition) is 7. The number of sulfonamides is 1. The molecule has 2 aromatic rings. The van der Waals surface area contributed by atoms with Gasteiger partial charge in [-0.3, -0.25) is 4.79 Å². The van der Waals surface area contributed by atoms with Gasteiger partial charge in [0.05, 0.1) is 6.61 Å². The molecule has 1 N–H and O–H groups in total. The number of pyridine rings is 1. The summed E-state index contributed by atoms with van der Waals surface area (Å²) >= 11 is 0. The highest BCUT2D eigenvalue weighted by Crippen LogP contribution is 2.28. The Morgan fingerprint density at radius 2 is 1.90 bits per heavy atom. The van der Waals surface area contributed by atoms with Crippen LogP contribution in [0.4, 0.5) is 0 Å². The Labute approximate surface area is 175 Å². The Balaban J connectivity index is 1.70. The van der Waals surface area contributed by atoms with Crippen molar-refractivity contribution in [1.82, 2.24) is 14.2 Å². The van der Waals surface area contributed by atoms with Crippen molar-refractivity contribution in [2.45, 2.75) is 11.8 Å². The number of aromatic nitrogens is 1. The van der Waals surface area contributed by atoms with Crippen molar-refractivity contribution in [3.05, 3.63) is 47.7 Å². The smallest absolute Gasteiger partial charge is 0.259 e. The number of nitrogens with zero attached hydrogens (tertiary/aromatic N) is 3. The number of carbonyl (C=O) groups is 1. The van der Waals surface area contributed by atoms with Gasteiger partial charge in [0.1, 0.15) is 22.8 Å². The van der Waals surface area contributed by atoms with E-state index in [1.807, 2.05) is 0 Å². The fraction of sp³-hybridized carbons (Fsp3) is 0.400. The maximum Gasteiger partial charge on any atom is 0.259 e. The van der Waals surface area contributed by atoms with E-state index < -0.39 is 10.0 Å². The largest absolute Gasteiger partial charge is 0.507 e. The number of amides is 1. The van der Waals surface area contributed by atoms with Crippen molar-refractivity contribution in [1.29, 1.82) is 0 Å². The van der Waals surface area contributed by atoms with E-state index in [-0.39, 0.29) is 55.2 Å². The molecule has 0 unspecified atom stereocenters. The Morgan fingerprint density at radius 1 is 1.17 bits per heavy atom. The van der Waals surface area contributed by atoms with E-state index in [0.29, 0.717) is 12.2 Å². The van der Waals surface area contributed by atoms with Gasteiger partial charge in [-0.2, -0.15) is 4.31 Å². The van der Waals surface area contributed by atoms with E-state index in [1.165, 1.54) is 22.6 Å². The lowest BCUT2D eigenvalue weighted by atomic mass is 10.2. The number of ether oxygens (including phenoxy) is 2. The lowest BCUT2D eigenvalue weighted by molar-refractivity contribution is 0.0689. The standard InChI is InChI=1S/C20H25N3O6S/c1-15-5-6-17(24)18(14-15)30(26,27)23-10-8-22(9-11-23)20(25)16-4-3-7-21-19(16)29-13-12-28-2/h3-7,14,24H,8-13H2,1-2H3. The van der Waals surface area contributed by atoms with Crippen molar-refractivity contribution >= 4 is 15.9 Å². The van der Waals surface area contributed by atoms with E-state index in [4.69, 9.17) is 9.47 Å². The summed E-state index contributed by atoms with van der Waals surface area (Å²) in [5, 5.41) is 10.0. The number of phenols is 1. The second-order valence-corrected chi connectivity index (χ2v) is 8.77. The topological polar surface area (TPSA) is 109 Å². The molecule has 1 saturated heterocycles.